The topological polar surface area (TPSA) is 49.6 Å². The van der Waals surface area contributed by atoms with Crippen molar-refractivity contribution in [1.82, 2.24) is 14.7 Å². The van der Waals surface area contributed by atoms with Gasteiger partial charge in [-0.25, -0.2) is 4.98 Å². The predicted molar refractivity (Wildman–Crippen MR) is 63.2 cm³/mol. The van der Waals surface area contributed by atoms with Gasteiger partial charge in [0.2, 0.25) is 0 Å². The lowest BCUT2D eigenvalue weighted by molar-refractivity contribution is 0.268. The Hall–Kier alpha value is -1.39. The van der Waals surface area contributed by atoms with Gasteiger partial charge in [-0.2, -0.15) is 0 Å². The van der Waals surface area contributed by atoms with Crippen LogP contribution in [0.15, 0.2) is 30.6 Å². The van der Waals surface area contributed by atoms with Crippen LogP contribution >= 0.6 is 0 Å². The summed E-state index contributed by atoms with van der Waals surface area (Å²) in [5.74, 6) is 0. The van der Waals surface area contributed by atoms with Crippen LogP contribution in [0, 0.1) is 0 Å². The Morgan fingerprint density at radius 2 is 2.38 bits per heavy atom. The Kier molecular flexibility index (Phi) is 3.54. The molecule has 0 spiro atoms. The largest absolute Gasteiger partial charge is 0.396 e. The molecule has 0 fully saturated rings. The highest BCUT2D eigenvalue weighted by molar-refractivity contribution is 5.39. The average molecular weight is 219 g/mol. The van der Waals surface area contributed by atoms with Gasteiger partial charge in [0.15, 0.2) is 0 Å². The van der Waals surface area contributed by atoms with Crippen molar-refractivity contribution in [1.29, 1.82) is 0 Å². The van der Waals surface area contributed by atoms with Gasteiger partial charge in [-0.3, -0.25) is 0 Å². The Morgan fingerprint density at radius 1 is 1.50 bits per heavy atom. The second-order valence-electron chi connectivity index (χ2n) is 3.97. The normalized spacial score (nSPS) is 13.1. The molecule has 0 saturated carbocycles. The molecule has 2 heterocycles. The number of imidazole rings is 1. The molecule has 16 heavy (non-hydrogen) atoms. The van der Waals surface area contributed by atoms with Crippen molar-refractivity contribution >= 4 is 5.65 Å². The van der Waals surface area contributed by atoms with E-state index in [2.05, 4.69) is 21.6 Å². The lowest BCUT2D eigenvalue weighted by Gasteiger charge is -2.11. The van der Waals surface area contributed by atoms with Crippen LogP contribution < -0.4 is 5.32 Å². The standard InChI is InChI=1S/C12H17N3O/c1-10(5-7-16)13-8-11-9-14-12-4-2-3-6-15(11)12/h2-4,6,9-10,13,16H,5,7-8H2,1H3. The third-order valence-electron chi connectivity index (χ3n) is 2.69. The molecule has 0 aliphatic rings. The minimum atomic E-state index is 0.224. The van der Waals surface area contributed by atoms with Gasteiger partial charge in [-0.15, -0.1) is 0 Å². The molecular formula is C12H17N3O. The Labute approximate surface area is 94.9 Å². The maximum atomic E-state index is 8.81. The number of fused-ring (bicyclic) bond motifs is 1. The van der Waals surface area contributed by atoms with E-state index in [1.165, 1.54) is 0 Å². The summed E-state index contributed by atoms with van der Waals surface area (Å²) in [5, 5.41) is 12.2. The fourth-order valence-electron chi connectivity index (χ4n) is 1.69. The third-order valence-corrected chi connectivity index (χ3v) is 2.69. The van der Waals surface area contributed by atoms with Crippen molar-refractivity contribution in [2.45, 2.75) is 25.9 Å². The van der Waals surface area contributed by atoms with Crippen LogP contribution in [-0.4, -0.2) is 27.1 Å². The highest BCUT2D eigenvalue weighted by atomic mass is 16.3. The molecule has 2 aromatic heterocycles. The van der Waals surface area contributed by atoms with Crippen molar-refractivity contribution in [2.75, 3.05) is 6.61 Å². The molecule has 0 aromatic carbocycles. The van der Waals surface area contributed by atoms with Gasteiger partial charge in [-0.1, -0.05) is 6.07 Å². The maximum absolute atomic E-state index is 8.81. The number of nitrogens with one attached hydrogen (secondary N) is 1. The van der Waals surface area contributed by atoms with Gasteiger partial charge in [0, 0.05) is 25.4 Å². The number of aromatic nitrogens is 2. The second kappa shape index (κ2) is 5.09. The van der Waals surface area contributed by atoms with Crippen LogP contribution in [0.3, 0.4) is 0 Å². The molecule has 0 bridgehead atoms. The van der Waals surface area contributed by atoms with Crippen LogP contribution in [0.2, 0.25) is 0 Å². The summed E-state index contributed by atoms with van der Waals surface area (Å²) >= 11 is 0. The number of aliphatic hydroxyl groups is 1. The summed E-state index contributed by atoms with van der Waals surface area (Å²) in [6.07, 6.45) is 4.67. The molecule has 0 aliphatic heterocycles. The van der Waals surface area contributed by atoms with E-state index in [1.807, 2.05) is 30.6 Å². The Morgan fingerprint density at radius 3 is 3.19 bits per heavy atom. The molecule has 1 atom stereocenters. The van der Waals surface area contributed by atoms with Gasteiger partial charge in [0.1, 0.15) is 5.65 Å². The first-order valence-electron chi connectivity index (χ1n) is 5.56. The minimum Gasteiger partial charge on any atom is -0.396 e. The van der Waals surface area contributed by atoms with E-state index in [1.54, 1.807) is 0 Å². The highest BCUT2D eigenvalue weighted by Gasteiger charge is 2.04. The van der Waals surface area contributed by atoms with Crippen LogP contribution in [0.5, 0.6) is 0 Å². The number of aliphatic hydroxyl groups excluding tert-OH is 1. The van der Waals surface area contributed by atoms with Gasteiger partial charge in [0.25, 0.3) is 0 Å². The van der Waals surface area contributed by atoms with E-state index in [9.17, 15) is 0 Å². The van der Waals surface area contributed by atoms with Crippen molar-refractivity contribution in [3.8, 4) is 0 Å². The number of rotatable bonds is 5. The molecule has 2 aromatic rings. The molecule has 86 valence electrons. The van der Waals surface area contributed by atoms with Crippen molar-refractivity contribution < 1.29 is 5.11 Å². The molecule has 2 N–H and O–H groups in total. The molecule has 4 heteroatoms. The van der Waals surface area contributed by atoms with E-state index in [-0.39, 0.29) is 6.61 Å². The summed E-state index contributed by atoms with van der Waals surface area (Å²) in [7, 11) is 0. The monoisotopic (exact) mass is 219 g/mol. The summed E-state index contributed by atoms with van der Waals surface area (Å²) in [6.45, 7) is 3.06. The summed E-state index contributed by atoms with van der Waals surface area (Å²) in [6, 6.07) is 6.28. The number of hydrogen-bond acceptors (Lipinski definition) is 3. The van der Waals surface area contributed by atoms with Crippen LogP contribution in [0.25, 0.3) is 5.65 Å². The van der Waals surface area contributed by atoms with Gasteiger partial charge >= 0.3 is 0 Å². The van der Waals surface area contributed by atoms with Crippen molar-refractivity contribution in [2.24, 2.45) is 0 Å². The van der Waals surface area contributed by atoms with E-state index < -0.39 is 0 Å². The highest BCUT2D eigenvalue weighted by Crippen LogP contribution is 2.06. The quantitative estimate of drug-likeness (QED) is 0.794. The van der Waals surface area contributed by atoms with Crippen LogP contribution in [0.4, 0.5) is 0 Å². The zero-order valence-corrected chi connectivity index (χ0v) is 9.43. The van der Waals surface area contributed by atoms with E-state index in [4.69, 9.17) is 5.11 Å². The first kappa shape index (κ1) is 11.1. The first-order valence-corrected chi connectivity index (χ1v) is 5.56. The fourth-order valence-corrected chi connectivity index (χ4v) is 1.69. The molecule has 0 radical (unpaired) electrons. The van der Waals surface area contributed by atoms with Gasteiger partial charge < -0.3 is 14.8 Å². The second-order valence-corrected chi connectivity index (χ2v) is 3.97. The average Bonchev–Trinajstić information content (AvgIpc) is 2.70. The third kappa shape index (κ3) is 2.40. The Balaban J connectivity index is 2.04. The lowest BCUT2D eigenvalue weighted by Crippen LogP contribution is -2.26. The zero-order valence-electron chi connectivity index (χ0n) is 9.43. The summed E-state index contributed by atoms with van der Waals surface area (Å²) in [5.41, 5.74) is 2.11. The van der Waals surface area contributed by atoms with E-state index in [0.717, 1.165) is 24.3 Å². The zero-order chi connectivity index (χ0) is 11.4. The first-order chi connectivity index (χ1) is 7.81. The van der Waals surface area contributed by atoms with Crippen molar-refractivity contribution in [3.05, 3.63) is 36.3 Å². The maximum Gasteiger partial charge on any atom is 0.136 e. The molecule has 0 amide bonds. The molecule has 0 saturated heterocycles. The van der Waals surface area contributed by atoms with E-state index in [0.29, 0.717) is 6.04 Å². The molecule has 0 aliphatic carbocycles. The summed E-state index contributed by atoms with van der Waals surface area (Å²) in [4.78, 5) is 4.32. The van der Waals surface area contributed by atoms with E-state index >= 15 is 0 Å². The molecule has 4 nitrogen and oxygen atoms in total. The fraction of sp³-hybridized carbons (Fsp3) is 0.417. The number of nitrogens with zero attached hydrogens (tertiary/aromatic N) is 2. The van der Waals surface area contributed by atoms with Crippen LogP contribution in [0.1, 0.15) is 19.0 Å². The van der Waals surface area contributed by atoms with Crippen molar-refractivity contribution in [3.63, 3.8) is 0 Å². The SMILES string of the molecule is CC(CCO)NCc1cnc2ccccn12. The number of pyridine rings is 1. The lowest BCUT2D eigenvalue weighted by atomic mass is 10.2. The molecule has 2 rings (SSSR count). The Bertz CT molecular complexity index is 452. The smallest absolute Gasteiger partial charge is 0.136 e. The molecule has 1 unspecified atom stereocenters. The van der Waals surface area contributed by atoms with Gasteiger partial charge in [-0.05, 0) is 25.5 Å². The molecular weight excluding hydrogens is 202 g/mol. The minimum absolute atomic E-state index is 0.224. The van der Waals surface area contributed by atoms with Gasteiger partial charge in [0.05, 0.1) is 11.9 Å². The summed E-state index contributed by atoms with van der Waals surface area (Å²) < 4.78 is 2.07. The number of hydrogen-bond donors (Lipinski definition) is 2. The van der Waals surface area contributed by atoms with Crippen LogP contribution in [-0.2, 0) is 6.54 Å². The predicted octanol–water partition coefficient (Wildman–Crippen LogP) is 1.19.